The molecule has 0 radical (unpaired) electrons. The van der Waals surface area contributed by atoms with Crippen molar-refractivity contribution in [1.82, 2.24) is 10.0 Å². The van der Waals surface area contributed by atoms with Gasteiger partial charge in [0, 0.05) is 12.6 Å². The van der Waals surface area contributed by atoms with E-state index in [1.165, 1.54) is 12.5 Å². The fraction of sp³-hybridized carbons (Fsp3) is 0.579. The van der Waals surface area contributed by atoms with E-state index >= 15 is 0 Å². The fourth-order valence-electron chi connectivity index (χ4n) is 3.10. The Labute approximate surface area is 159 Å². The predicted molar refractivity (Wildman–Crippen MR) is 99.6 cm³/mol. The van der Waals surface area contributed by atoms with Gasteiger partial charge in [0.05, 0.1) is 11.3 Å². The Kier molecular flexibility index (Phi) is 6.16. The molecule has 1 aromatic carbocycles. The molecule has 0 bridgehead atoms. The van der Waals surface area contributed by atoms with E-state index in [4.69, 9.17) is 4.74 Å². The van der Waals surface area contributed by atoms with Gasteiger partial charge < -0.3 is 10.1 Å². The van der Waals surface area contributed by atoms with Gasteiger partial charge in [-0.3, -0.25) is 9.59 Å². The van der Waals surface area contributed by atoms with Crippen LogP contribution in [0, 0.1) is 0 Å². The molecule has 0 spiro atoms. The number of ether oxygens (including phenoxy) is 1. The van der Waals surface area contributed by atoms with Crippen molar-refractivity contribution in [1.29, 1.82) is 0 Å². The minimum absolute atomic E-state index is 0.0742. The van der Waals surface area contributed by atoms with Crippen LogP contribution in [0.1, 0.15) is 50.2 Å². The first-order valence-corrected chi connectivity index (χ1v) is 10.9. The number of esters is 1. The summed E-state index contributed by atoms with van der Waals surface area (Å²) < 4.78 is 32.3. The lowest BCUT2D eigenvalue weighted by Gasteiger charge is -2.17. The summed E-state index contributed by atoms with van der Waals surface area (Å²) in [6.45, 7) is 1.43. The van der Waals surface area contributed by atoms with Gasteiger partial charge >= 0.3 is 5.97 Å². The standard InChI is InChI=1S/C19H26N2O5S/c1-13(19(23)21-16-7-8-16)26-18(22)10-11-20-27(24,25)17-9-6-14-4-2-3-5-15(14)12-17/h6,9,12-13,16,20H,2-5,7-8,10-11H2,1H3,(H,21,23)/t13-/m1/s1. The molecule has 1 atom stereocenters. The molecule has 2 aliphatic carbocycles. The quantitative estimate of drug-likeness (QED) is 0.650. The molecule has 1 aromatic rings. The van der Waals surface area contributed by atoms with Crippen LogP contribution >= 0.6 is 0 Å². The van der Waals surface area contributed by atoms with Crippen LogP contribution in [0.3, 0.4) is 0 Å². The number of carbonyl (C=O) groups is 2. The van der Waals surface area contributed by atoms with Crippen LogP contribution in [-0.4, -0.2) is 39.0 Å². The minimum atomic E-state index is -3.68. The summed E-state index contributed by atoms with van der Waals surface area (Å²) in [5, 5.41) is 2.76. The van der Waals surface area contributed by atoms with Gasteiger partial charge in [0.1, 0.15) is 0 Å². The lowest BCUT2D eigenvalue weighted by Crippen LogP contribution is -2.37. The number of sulfonamides is 1. The van der Waals surface area contributed by atoms with Crippen LogP contribution in [0.15, 0.2) is 23.1 Å². The fourth-order valence-corrected chi connectivity index (χ4v) is 4.19. The highest BCUT2D eigenvalue weighted by Crippen LogP contribution is 2.24. The van der Waals surface area contributed by atoms with Gasteiger partial charge in [0.25, 0.3) is 5.91 Å². The first-order chi connectivity index (χ1) is 12.8. The van der Waals surface area contributed by atoms with Gasteiger partial charge in [-0.15, -0.1) is 0 Å². The van der Waals surface area contributed by atoms with Crippen LogP contribution in [0.4, 0.5) is 0 Å². The largest absolute Gasteiger partial charge is 0.453 e. The van der Waals surface area contributed by atoms with E-state index in [9.17, 15) is 18.0 Å². The number of hydrogen-bond acceptors (Lipinski definition) is 5. The molecule has 0 unspecified atom stereocenters. The van der Waals surface area contributed by atoms with Crippen LogP contribution in [0.25, 0.3) is 0 Å². The first-order valence-electron chi connectivity index (χ1n) is 9.46. The summed E-state index contributed by atoms with van der Waals surface area (Å²) in [5.74, 6) is -0.929. The monoisotopic (exact) mass is 394 g/mol. The number of nitrogens with one attached hydrogen (secondary N) is 2. The Balaban J connectivity index is 1.47. The smallest absolute Gasteiger partial charge is 0.307 e. The van der Waals surface area contributed by atoms with Crippen molar-refractivity contribution in [3.63, 3.8) is 0 Å². The highest BCUT2D eigenvalue weighted by Gasteiger charge is 2.27. The van der Waals surface area contributed by atoms with E-state index < -0.39 is 22.1 Å². The number of amides is 1. The zero-order valence-electron chi connectivity index (χ0n) is 15.5. The Hall–Kier alpha value is -1.93. The van der Waals surface area contributed by atoms with Gasteiger partial charge in [0.2, 0.25) is 10.0 Å². The zero-order valence-corrected chi connectivity index (χ0v) is 16.3. The Bertz CT molecular complexity index is 817. The van der Waals surface area contributed by atoms with Gasteiger partial charge in [0.15, 0.2) is 6.10 Å². The summed E-state index contributed by atoms with van der Waals surface area (Å²) in [5.41, 5.74) is 2.29. The number of aryl methyl sites for hydroxylation is 2. The molecule has 7 nitrogen and oxygen atoms in total. The maximum absolute atomic E-state index is 12.4. The number of rotatable bonds is 8. The van der Waals surface area contributed by atoms with Crippen molar-refractivity contribution in [3.05, 3.63) is 29.3 Å². The van der Waals surface area contributed by atoms with Crippen LogP contribution in [0.2, 0.25) is 0 Å². The van der Waals surface area contributed by atoms with Gasteiger partial charge in [-0.05, 0) is 68.7 Å². The molecule has 0 aliphatic heterocycles. The summed E-state index contributed by atoms with van der Waals surface area (Å²) >= 11 is 0. The molecule has 148 valence electrons. The van der Waals surface area contributed by atoms with Gasteiger partial charge in [-0.25, -0.2) is 13.1 Å². The lowest BCUT2D eigenvalue weighted by atomic mass is 9.92. The summed E-state index contributed by atoms with van der Waals surface area (Å²) in [7, 11) is -3.68. The van der Waals surface area contributed by atoms with Crippen molar-refractivity contribution in [2.45, 2.75) is 68.9 Å². The second-order valence-corrected chi connectivity index (χ2v) is 8.97. The topological polar surface area (TPSA) is 102 Å². The predicted octanol–water partition coefficient (Wildman–Crippen LogP) is 1.44. The van der Waals surface area contributed by atoms with Crippen molar-refractivity contribution in [2.75, 3.05) is 6.54 Å². The highest BCUT2D eigenvalue weighted by atomic mass is 32.2. The number of hydrogen-bond donors (Lipinski definition) is 2. The molecule has 1 fully saturated rings. The van der Waals surface area contributed by atoms with Crippen molar-refractivity contribution in [2.24, 2.45) is 0 Å². The summed E-state index contributed by atoms with van der Waals surface area (Å²) in [6.07, 6.45) is 4.99. The first kappa shape index (κ1) is 19.8. The maximum Gasteiger partial charge on any atom is 0.307 e. The van der Waals surface area contributed by atoms with Gasteiger partial charge in [-0.1, -0.05) is 6.07 Å². The van der Waals surface area contributed by atoms with E-state index in [2.05, 4.69) is 10.0 Å². The van der Waals surface area contributed by atoms with Crippen molar-refractivity contribution < 1.29 is 22.7 Å². The lowest BCUT2D eigenvalue weighted by molar-refractivity contribution is -0.154. The molecule has 0 aromatic heterocycles. The van der Waals surface area contributed by atoms with Crippen LogP contribution in [-0.2, 0) is 37.2 Å². The normalized spacial score (nSPS) is 17.7. The van der Waals surface area contributed by atoms with Gasteiger partial charge in [-0.2, -0.15) is 0 Å². The Morgan fingerprint density at radius 3 is 2.59 bits per heavy atom. The van der Waals surface area contributed by atoms with E-state index in [1.807, 2.05) is 6.07 Å². The van der Waals surface area contributed by atoms with E-state index in [1.54, 1.807) is 12.1 Å². The van der Waals surface area contributed by atoms with Crippen molar-refractivity contribution >= 4 is 21.9 Å². The third-order valence-corrected chi connectivity index (χ3v) is 6.31. The SMILES string of the molecule is C[C@@H](OC(=O)CCNS(=O)(=O)c1ccc2c(c1)CCCC2)C(=O)NC1CC1. The summed E-state index contributed by atoms with van der Waals surface area (Å²) in [4.78, 5) is 23.8. The molecular weight excluding hydrogens is 368 g/mol. The second-order valence-electron chi connectivity index (χ2n) is 7.20. The molecule has 27 heavy (non-hydrogen) atoms. The molecule has 1 saturated carbocycles. The molecule has 0 heterocycles. The van der Waals surface area contributed by atoms with E-state index in [0.29, 0.717) is 0 Å². The molecule has 8 heteroatoms. The van der Waals surface area contributed by atoms with E-state index in [-0.39, 0.29) is 29.8 Å². The number of benzene rings is 1. The molecule has 2 N–H and O–H groups in total. The molecule has 1 amide bonds. The molecule has 3 rings (SSSR count). The maximum atomic E-state index is 12.4. The van der Waals surface area contributed by atoms with Crippen LogP contribution in [0.5, 0.6) is 0 Å². The average Bonchev–Trinajstić information content (AvgIpc) is 3.45. The van der Waals surface area contributed by atoms with E-state index in [0.717, 1.165) is 44.1 Å². The number of carbonyl (C=O) groups excluding carboxylic acids is 2. The molecule has 2 aliphatic rings. The number of fused-ring (bicyclic) bond motifs is 1. The summed E-state index contributed by atoms with van der Waals surface area (Å²) in [6, 6.07) is 5.40. The van der Waals surface area contributed by atoms with Crippen LogP contribution < -0.4 is 10.0 Å². The third kappa shape index (κ3) is 5.52. The zero-order chi connectivity index (χ0) is 19.4. The highest BCUT2D eigenvalue weighted by molar-refractivity contribution is 7.89. The Morgan fingerprint density at radius 2 is 1.89 bits per heavy atom. The van der Waals surface area contributed by atoms with Crippen molar-refractivity contribution in [3.8, 4) is 0 Å². The average molecular weight is 394 g/mol. The Morgan fingerprint density at radius 1 is 1.19 bits per heavy atom. The second kappa shape index (κ2) is 8.39. The minimum Gasteiger partial charge on any atom is -0.453 e. The third-order valence-electron chi connectivity index (χ3n) is 4.85. The molecule has 0 saturated heterocycles. The molecular formula is C19H26N2O5S.